The summed E-state index contributed by atoms with van der Waals surface area (Å²) in [4.78, 5) is 38.9. The monoisotopic (exact) mass is 500 g/mol. The van der Waals surface area contributed by atoms with Crippen molar-refractivity contribution in [2.45, 2.75) is 13.1 Å². The zero-order valence-corrected chi connectivity index (χ0v) is 20.1. The topological polar surface area (TPSA) is 68.6 Å². The summed E-state index contributed by atoms with van der Waals surface area (Å²) >= 11 is 0.847. The van der Waals surface area contributed by atoms with E-state index in [1.165, 1.54) is 13.2 Å². The van der Waals surface area contributed by atoms with Gasteiger partial charge >= 0.3 is 5.97 Å². The molecule has 0 spiro atoms. The molecule has 1 saturated heterocycles. The fourth-order valence-electron chi connectivity index (χ4n) is 4.21. The lowest BCUT2D eigenvalue weighted by Crippen LogP contribution is -2.27. The Morgan fingerprint density at radius 1 is 1.00 bits per heavy atom. The predicted molar refractivity (Wildman–Crippen MR) is 137 cm³/mol. The third-order valence-corrected chi connectivity index (χ3v) is 6.87. The van der Waals surface area contributed by atoms with Gasteiger partial charge in [0, 0.05) is 34.8 Å². The molecule has 0 N–H and O–H groups in total. The van der Waals surface area contributed by atoms with E-state index in [0.29, 0.717) is 12.1 Å². The second kappa shape index (κ2) is 9.83. The molecule has 0 aliphatic carbocycles. The number of amides is 2. The Hall–Kier alpha value is -4.17. The van der Waals surface area contributed by atoms with Crippen LogP contribution in [-0.2, 0) is 22.6 Å². The first-order valence-electron chi connectivity index (χ1n) is 11.2. The summed E-state index contributed by atoms with van der Waals surface area (Å²) in [6, 6.07) is 21.1. The molecular weight excluding hydrogens is 479 g/mol. The van der Waals surface area contributed by atoms with Crippen LogP contribution >= 0.6 is 11.8 Å². The van der Waals surface area contributed by atoms with E-state index < -0.39 is 22.9 Å². The maximum atomic E-state index is 14.1. The third kappa shape index (κ3) is 4.55. The predicted octanol–water partition coefficient (Wildman–Crippen LogP) is 5.85. The van der Waals surface area contributed by atoms with E-state index in [-0.39, 0.29) is 17.0 Å². The van der Waals surface area contributed by atoms with Crippen molar-refractivity contribution >= 4 is 45.9 Å². The molecule has 8 heteroatoms. The molecule has 0 radical (unpaired) electrons. The molecule has 4 aromatic rings. The smallest absolute Gasteiger partial charge is 0.337 e. The van der Waals surface area contributed by atoms with Crippen molar-refractivity contribution in [3.05, 3.63) is 112 Å². The maximum absolute atomic E-state index is 14.1. The summed E-state index contributed by atoms with van der Waals surface area (Å²) < 4.78 is 20.9. The van der Waals surface area contributed by atoms with Crippen LogP contribution in [0, 0.1) is 5.82 Å². The van der Waals surface area contributed by atoms with Crippen molar-refractivity contribution in [2.24, 2.45) is 0 Å². The first kappa shape index (κ1) is 23.6. The number of carbonyl (C=O) groups is 3. The minimum atomic E-state index is -0.458. The molecule has 180 valence electrons. The van der Waals surface area contributed by atoms with E-state index in [2.05, 4.69) is 0 Å². The molecule has 0 unspecified atom stereocenters. The molecule has 2 amide bonds. The standard InChI is InChI=1S/C28H21FN2O4S/c1-35-27(33)19-9-6-7-18(13-19)15-30-16-21(22-10-3-5-12-24(22)30)14-25-26(32)31(28(34)36-25)17-20-8-2-4-11-23(20)29/h2-14,16H,15,17H2,1H3/b25-14-. The molecule has 3 aromatic carbocycles. The van der Waals surface area contributed by atoms with E-state index in [9.17, 15) is 18.8 Å². The number of methoxy groups -OCH3 is 1. The Morgan fingerprint density at radius 2 is 1.78 bits per heavy atom. The van der Waals surface area contributed by atoms with Crippen molar-refractivity contribution < 1.29 is 23.5 Å². The number of esters is 1. The zero-order valence-electron chi connectivity index (χ0n) is 19.3. The molecule has 6 nitrogen and oxygen atoms in total. The Bertz CT molecular complexity index is 1540. The Labute approximate surface area is 211 Å². The lowest BCUT2D eigenvalue weighted by Gasteiger charge is -2.12. The molecule has 36 heavy (non-hydrogen) atoms. The van der Waals surface area contributed by atoms with E-state index in [4.69, 9.17) is 4.74 Å². The number of aromatic nitrogens is 1. The summed E-state index contributed by atoms with van der Waals surface area (Å²) in [5.41, 5.74) is 3.39. The highest BCUT2D eigenvalue weighted by Crippen LogP contribution is 2.35. The second-order valence-electron chi connectivity index (χ2n) is 8.28. The summed E-state index contributed by atoms with van der Waals surface area (Å²) in [6.07, 6.45) is 3.62. The van der Waals surface area contributed by atoms with Crippen molar-refractivity contribution in [1.82, 2.24) is 9.47 Å². The number of hydrogen-bond acceptors (Lipinski definition) is 5. The van der Waals surface area contributed by atoms with Gasteiger partial charge in [0.05, 0.1) is 24.1 Å². The fourth-order valence-corrected chi connectivity index (χ4v) is 5.04. The number of hydrogen-bond donors (Lipinski definition) is 0. The van der Waals surface area contributed by atoms with Crippen LogP contribution in [0.15, 0.2) is 83.9 Å². The van der Waals surface area contributed by atoms with Gasteiger partial charge in [-0.1, -0.05) is 48.5 Å². The fraction of sp³-hybridized carbons (Fsp3) is 0.107. The third-order valence-electron chi connectivity index (χ3n) is 5.97. The van der Waals surface area contributed by atoms with Crippen LogP contribution in [0.2, 0.25) is 0 Å². The highest BCUT2D eigenvalue weighted by atomic mass is 32.2. The molecule has 1 aromatic heterocycles. The largest absolute Gasteiger partial charge is 0.465 e. The number of halogens is 1. The number of rotatable bonds is 6. The second-order valence-corrected chi connectivity index (χ2v) is 9.27. The maximum Gasteiger partial charge on any atom is 0.337 e. The van der Waals surface area contributed by atoms with Crippen LogP contribution in [-0.4, -0.2) is 33.7 Å². The van der Waals surface area contributed by atoms with E-state index in [1.54, 1.807) is 42.5 Å². The van der Waals surface area contributed by atoms with Gasteiger partial charge in [0.25, 0.3) is 11.1 Å². The van der Waals surface area contributed by atoms with Gasteiger partial charge in [0.15, 0.2) is 0 Å². The molecule has 5 rings (SSSR count). The zero-order chi connectivity index (χ0) is 25.2. The van der Waals surface area contributed by atoms with Crippen molar-refractivity contribution in [2.75, 3.05) is 7.11 Å². The Morgan fingerprint density at radius 3 is 2.58 bits per heavy atom. The number of benzene rings is 3. The van der Waals surface area contributed by atoms with E-state index >= 15 is 0 Å². The average Bonchev–Trinajstić information content (AvgIpc) is 3.36. The number of ether oxygens (including phenoxy) is 1. The van der Waals surface area contributed by atoms with Gasteiger partial charge in [0.1, 0.15) is 5.82 Å². The molecule has 1 aliphatic heterocycles. The van der Waals surface area contributed by atoms with Gasteiger partial charge in [0.2, 0.25) is 0 Å². The van der Waals surface area contributed by atoms with Crippen LogP contribution in [0.25, 0.3) is 17.0 Å². The highest BCUT2D eigenvalue weighted by molar-refractivity contribution is 8.18. The van der Waals surface area contributed by atoms with E-state index in [1.807, 2.05) is 41.1 Å². The lowest BCUT2D eigenvalue weighted by molar-refractivity contribution is -0.123. The van der Waals surface area contributed by atoms with Crippen LogP contribution < -0.4 is 0 Å². The van der Waals surface area contributed by atoms with Crippen molar-refractivity contribution in [1.29, 1.82) is 0 Å². The molecule has 0 saturated carbocycles. The number of thioether (sulfide) groups is 1. The van der Waals surface area contributed by atoms with Gasteiger partial charge in [-0.15, -0.1) is 0 Å². The highest BCUT2D eigenvalue weighted by Gasteiger charge is 2.35. The van der Waals surface area contributed by atoms with Gasteiger partial charge in [-0.25, -0.2) is 9.18 Å². The SMILES string of the molecule is COC(=O)c1cccc(Cn2cc(/C=C3\SC(=O)N(Cc4ccccc4F)C3=O)c3ccccc32)c1. The summed E-state index contributed by atoms with van der Waals surface area (Å²) in [6.45, 7) is 0.376. The minimum absolute atomic E-state index is 0.118. The minimum Gasteiger partial charge on any atom is -0.465 e. The molecule has 1 fully saturated rings. The summed E-state index contributed by atoms with van der Waals surface area (Å²) in [5.74, 6) is -1.31. The quantitative estimate of drug-likeness (QED) is 0.245. The average molecular weight is 501 g/mol. The van der Waals surface area contributed by atoms with Crippen molar-refractivity contribution in [3.63, 3.8) is 0 Å². The van der Waals surface area contributed by atoms with Crippen LogP contribution in [0.3, 0.4) is 0 Å². The molecular formula is C28H21FN2O4S. The van der Waals surface area contributed by atoms with Gasteiger partial charge in [-0.3, -0.25) is 14.5 Å². The summed E-state index contributed by atoms with van der Waals surface area (Å²) in [7, 11) is 1.35. The number of nitrogens with zero attached hydrogens (tertiary/aromatic N) is 2. The summed E-state index contributed by atoms with van der Waals surface area (Å²) in [5, 5.41) is 0.486. The molecule has 0 bridgehead atoms. The molecule has 2 heterocycles. The van der Waals surface area contributed by atoms with Crippen molar-refractivity contribution in [3.8, 4) is 0 Å². The number of fused-ring (bicyclic) bond motifs is 1. The molecule has 1 aliphatic rings. The molecule has 0 atom stereocenters. The first-order valence-corrected chi connectivity index (χ1v) is 12.0. The van der Waals surface area contributed by atoms with Gasteiger partial charge in [-0.05, 0) is 47.7 Å². The first-order chi connectivity index (χ1) is 17.4. The van der Waals surface area contributed by atoms with Gasteiger partial charge < -0.3 is 9.30 Å². The number of para-hydroxylation sites is 1. The number of imide groups is 1. The normalized spacial score (nSPS) is 14.7. The van der Waals surface area contributed by atoms with Crippen LogP contribution in [0.1, 0.15) is 27.0 Å². The Kier molecular flexibility index (Phi) is 6.43. The lowest BCUT2D eigenvalue weighted by atomic mass is 10.1. The van der Waals surface area contributed by atoms with Crippen LogP contribution in [0.5, 0.6) is 0 Å². The number of carbonyl (C=O) groups excluding carboxylic acids is 3. The Balaban J connectivity index is 1.46. The van der Waals surface area contributed by atoms with E-state index in [0.717, 1.165) is 38.7 Å². The van der Waals surface area contributed by atoms with Crippen LogP contribution in [0.4, 0.5) is 9.18 Å². The van der Waals surface area contributed by atoms with Gasteiger partial charge in [-0.2, -0.15) is 0 Å².